The molecule has 1 aromatic rings. The summed E-state index contributed by atoms with van der Waals surface area (Å²) >= 11 is 0. The first kappa shape index (κ1) is 25.1. The lowest BCUT2D eigenvalue weighted by Crippen LogP contribution is -2.46. The fourth-order valence-electron chi connectivity index (χ4n) is 3.33. The van der Waals surface area contributed by atoms with Gasteiger partial charge in [-0.05, 0) is 32.1 Å². The lowest BCUT2D eigenvalue weighted by molar-refractivity contribution is 0.0143. The van der Waals surface area contributed by atoms with Crippen molar-refractivity contribution in [1.29, 1.82) is 0 Å². The quantitative estimate of drug-likeness (QED) is 0.207. The molecule has 28 heavy (non-hydrogen) atoms. The molecule has 1 atom stereocenters. The van der Waals surface area contributed by atoms with Crippen LogP contribution >= 0.6 is 24.0 Å². The number of rotatable bonds is 11. The molecule has 0 radical (unpaired) electrons. The Morgan fingerprint density at radius 3 is 2.50 bits per heavy atom. The maximum atomic E-state index is 5.51. The van der Waals surface area contributed by atoms with Crippen LogP contribution < -0.4 is 10.6 Å². The van der Waals surface area contributed by atoms with Gasteiger partial charge < -0.3 is 19.9 Å². The van der Waals surface area contributed by atoms with Gasteiger partial charge in [-0.25, -0.2) is 0 Å². The van der Waals surface area contributed by atoms with Gasteiger partial charge in [0, 0.05) is 38.8 Å². The standard InChI is InChI=1S/C19H37N7O.HI/c1-4-20-19(21-7-5-6-8-25-15-23-24-16-25)22-14-18(13-17(2)3)26-9-11-27-12-10-26;/h15-18H,4-14H2,1-3H3,(H2,20,21,22);1H. The molecule has 0 spiro atoms. The van der Waals surface area contributed by atoms with E-state index in [0.29, 0.717) is 12.0 Å². The summed E-state index contributed by atoms with van der Waals surface area (Å²) in [6.45, 7) is 14.0. The van der Waals surface area contributed by atoms with Crippen molar-refractivity contribution in [3.63, 3.8) is 0 Å². The number of ether oxygens (including phenoxy) is 1. The van der Waals surface area contributed by atoms with E-state index in [1.165, 1.54) is 6.42 Å². The molecule has 1 fully saturated rings. The monoisotopic (exact) mass is 507 g/mol. The van der Waals surface area contributed by atoms with Crippen LogP contribution in [-0.2, 0) is 11.3 Å². The number of hydrogen-bond acceptors (Lipinski definition) is 5. The molecule has 1 aliphatic heterocycles. The number of aromatic nitrogens is 3. The first-order chi connectivity index (χ1) is 13.2. The van der Waals surface area contributed by atoms with Crippen LogP contribution in [0.5, 0.6) is 0 Å². The van der Waals surface area contributed by atoms with E-state index in [4.69, 9.17) is 9.73 Å². The van der Waals surface area contributed by atoms with E-state index in [9.17, 15) is 0 Å². The second-order valence-electron chi connectivity index (χ2n) is 7.48. The number of aryl methyl sites for hydroxylation is 1. The second-order valence-corrected chi connectivity index (χ2v) is 7.48. The van der Waals surface area contributed by atoms with Gasteiger partial charge in [0.2, 0.25) is 0 Å². The predicted octanol–water partition coefficient (Wildman–Crippen LogP) is 1.98. The summed E-state index contributed by atoms with van der Waals surface area (Å²) in [5, 5.41) is 14.5. The van der Waals surface area contributed by atoms with Gasteiger partial charge in [-0.2, -0.15) is 0 Å². The number of guanidine groups is 1. The van der Waals surface area contributed by atoms with Crippen LogP contribution in [0.2, 0.25) is 0 Å². The summed E-state index contributed by atoms with van der Waals surface area (Å²) < 4.78 is 7.52. The molecule has 0 amide bonds. The van der Waals surface area contributed by atoms with Crippen LogP contribution in [0.1, 0.15) is 40.0 Å². The molecule has 162 valence electrons. The molecule has 0 saturated carbocycles. The zero-order valence-electron chi connectivity index (χ0n) is 17.6. The molecule has 1 saturated heterocycles. The zero-order valence-corrected chi connectivity index (χ0v) is 20.0. The smallest absolute Gasteiger partial charge is 0.191 e. The Morgan fingerprint density at radius 1 is 1.14 bits per heavy atom. The number of halogens is 1. The van der Waals surface area contributed by atoms with E-state index in [2.05, 4.69) is 46.5 Å². The summed E-state index contributed by atoms with van der Waals surface area (Å²) in [5.74, 6) is 1.59. The number of unbranched alkanes of at least 4 members (excludes halogenated alkanes) is 1. The van der Waals surface area contributed by atoms with Crippen molar-refractivity contribution in [2.24, 2.45) is 10.9 Å². The number of aliphatic imine (C=N–C) groups is 1. The van der Waals surface area contributed by atoms with Gasteiger partial charge in [-0.1, -0.05) is 13.8 Å². The highest BCUT2D eigenvalue weighted by atomic mass is 127. The van der Waals surface area contributed by atoms with Gasteiger partial charge in [-0.15, -0.1) is 34.2 Å². The molecule has 2 N–H and O–H groups in total. The van der Waals surface area contributed by atoms with Gasteiger partial charge in [0.15, 0.2) is 5.96 Å². The Balaban J connectivity index is 0.00000392. The van der Waals surface area contributed by atoms with Crippen molar-refractivity contribution in [3.05, 3.63) is 12.7 Å². The van der Waals surface area contributed by atoms with Crippen molar-refractivity contribution >= 4 is 29.9 Å². The molecule has 1 aromatic heterocycles. The van der Waals surface area contributed by atoms with Crippen molar-refractivity contribution < 1.29 is 4.74 Å². The predicted molar refractivity (Wildman–Crippen MR) is 124 cm³/mol. The summed E-state index contributed by atoms with van der Waals surface area (Å²) in [6.07, 6.45) is 6.87. The SMILES string of the molecule is CCNC(=NCC(CC(C)C)N1CCOCC1)NCCCCn1cnnc1.I. The maximum absolute atomic E-state index is 5.51. The van der Waals surface area contributed by atoms with Crippen LogP contribution in [0.15, 0.2) is 17.6 Å². The Kier molecular flexibility index (Phi) is 13.4. The van der Waals surface area contributed by atoms with Crippen LogP contribution in [0.3, 0.4) is 0 Å². The van der Waals surface area contributed by atoms with E-state index in [-0.39, 0.29) is 24.0 Å². The van der Waals surface area contributed by atoms with E-state index < -0.39 is 0 Å². The normalized spacial score (nSPS) is 16.6. The van der Waals surface area contributed by atoms with Gasteiger partial charge in [-0.3, -0.25) is 9.89 Å². The van der Waals surface area contributed by atoms with Gasteiger partial charge in [0.05, 0.1) is 19.8 Å². The largest absolute Gasteiger partial charge is 0.379 e. The van der Waals surface area contributed by atoms with E-state index >= 15 is 0 Å². The van der Waals surface area contributed by atoms with E-state index in [1.54, 1.807) is 12.7 Å². The average molecular weight is 507 g/mol. The molecule has 1 aliphatic rings. The van der Waals surface area contributed by atoms with Gasteiger partial charge in [0.25, 0.3) is 0 Å². The summed E-state index contributed by atoms with van der Waals surface area (Å²) in [4.78, 5) is 7.41. The summed E-state index contributed by atoms with van der Waals surface area (Å²) in [6, 6.07) is 0.484. The maximum Gasteiger partial charge on any atom is 0.191 e. The average Bonchev–Trinajstić information content (AvgIpc) is 3.18. The second kappa shape index (κ2) is 15.0. The first-order valence-electron chi connectivity index (χ1n) is 10.4. The molecule has 0 bridgehead atoms. The Bertz CT molecular complexity index is 518. The van der Waals surface area contributed by atoms with Crippen molar-refractivity contribution in [2.75, 3.05) is 45.9 Å². The van der Waals surface area contributed by atoms with Gasteiger partial charge >= 0.3 is 0 Å². The van der Waals surface area contributed by atoms with E-state index in [0.717, 1.165) is 71.3 Å². The van der Waals surface area contributed by atoms with Gasteiger partial charge in [0.1, 0.15) is 12.7 Å². The molecule has 8 nitrogen and oxygen atoms in total. The minimum Gasteiger partial charge on any atom is -0.379 e. The molecule has 9 heteroatoms. The molecular weight excluding hydrogens is 469 g/mol. The number of nitrogens with zero attached hydrogens (tertiary/aromatic N) is 5. The highest BCUT2D eigenvalue weighted by Gasteiger charge is 2.21. The Labute approximate surface area is 186 Å². The third kappa shape index (κ3) is 10.0. The van der Waals surface area contributed by atoms with Crippen molar-refractivity contribution in [1.82, 2.24) is 30.3 Å². The van der Waals surface area contributed by atoms with Crippen LogP contribution in [0.4, 0.5) is 0 Å². The number of nitrogens with one attached hydrogen (secondary N) is 2. The third-order valence-electron chi connectivity index (χ3n) is 4.71. The fourth-order valence-corrected chi connectivity index (χ4v) is 3.33. The first-order valence-corrected chi connectivity index (χ1v) is 10.4. The summed E-state index contributed by atoms with van der Waals surface area (Å²) in [5.41, 5.74) is 0. The van der Waals surface area contributed by atoms with E-state index in [1.807, 2.05) is 4.57 Å². The molecule has 0 aromatic carbocycles. The van der Waals surface area contributed by atoms with Crippen LogP contribution in [0.25, 0.3) is 0 Å². The number of hydrogen-bond donors (Lipinski definition) is 2. The minimum atomic E-state index is 0. The highest BCUT2D eigenvalue weighted by Crippen LogP contribution is 2.14. The highest BCUT2D eigenvalue weighted by molar-refractivity contribution is 14.0. The van der Waals surface area contributed by atoms with Crippen LogP contribution in [0, 0.1) is 5.92 Å². The third-order valence-corrected chi connectivity index (χ3v) is 4.71. The van der Waals surface area contributed by atoms with Crippen LogP contribution in [-0.4, -0.2) is 77.6 Å². The lowest BCUT2D eigenvalue weighted by Gasteiger charge is -2.34. The van der Waals surface area contributed by atoms with Crippen molar-refractivity contribution in [3.8, 4) is 0 Å². The molecule has 2 rings (SSSR count). The molecule has 2 heterocycles. The topological polar surface area (TPSA) is 79.6 Å². The Morgan fingerprint density at radius 2 is 1.86 bits per heavy atom. The fraction of sp³-hybridized carbons (Fsp3) is 0.842. The zero-order chi connectivity index (χ0) is 19.3. The van der Waals surface area contributed by atoms with Crippen molar-refractivity contribution in [2.45, 2.75) is 52.6 Å². The molecule has 0 aliphatic carbocycles. The molecular formula is C19H38IN7O. The Hall–Kier alpha value is -0.940. The summed E-state index contributed by atoms with van der Waals surface area (Å²) in [7, 11) is 0. The minimum absolute atomic E-state index is 0. The molecule has 1 unspecified atom stereocenters. The number of morpholine rings is 1. The lowest BCUT2D eigenvalue weighted by atomic mass is 10.0.